The Kier molecular flexibility index (Phi) is 4.86. The Morgan fingerprint density at radius 2 is 2.00 bits per heavy atom. The number of carbonyl (C=O) groups is 1. The third-order valence-corrected chi connectivity index (χ3v) is 3.45. The summed E-state index contributed by atoms with van der Waals surface area (Å²) in [5.74, 6) is -2.24. The van der Waals surface area contributed by atoms with E-state index in [0.29, 0.717) is 0 Å². The van der Waals surface area contributed by atoms with Crippen LogP contribution < -0.4 is 0 Å². The van der Waals surface area contributed by atoms with Gasteiger partial charge >= 0.3 is 0 Å². The Labute approximate surface area is 111 Å². The first kappa shape index (κ1) is 14.7. The predicted octanol–water partition coefficient (Wildman–Crippen LogP) is 3.95. The molecule has 0 N–H and O–H groups in total. The highest BCUT2D eigenvalue weighted by Crippen LogP contribution is 2.28. The lowest BCUT2D eigenvalue weighted by molar-refractivity contribution is -0.123. The van der Waals surface area contributed by atoms with E-state index in [9.17, 15) is 9.18 Å². The van der Waals surface area contributed by atoms with Gasteiger partial charge in [0.2, 0.25) is 0 Å². The van der Waals surface area contributed by atoms with Crippen LogP contribution in [0.5, 0.6) is 0 Å². The first-order valence-electron chi connectivity index (χ1n) is 5.77. The van der Waals surface area contributed by atoms with Gasteiger partial charge in [0, 0.05) is 11.5 Å². The molecule has 0 bridgehead atoms. The van der Waals surface area contributed by atoms with Gasteiger partial charge in [-0.25, -0.2) is 4.39 Å². The molecule has 1 aromatic rings. The summed E-state index contributed by atoms with van der Waals surface area (Å²) in [7, 11) is 0. The van der Waals surface area contributed by atoms with Gasteiger partial charge < -0.3 is 0 Å². The first-order chi connectivity index (χ1) is 8.40. The van der Waals surface area contributed by atoms with E-state index in [4.69, 9.17) is 16.9 Å². The summed E-state index contributed by atoms with van der Waals surface area (Å²) in [4.78, 5) is 12.1. The summed E-state index contributed by atoms with van der Waals surface area (Å²) in [6.07, 6.45) is 0. The maximum absolute atomic E-state index is 13.8. The highest BCUT2D eigenvalue weighted by Gasteiger charge is 2.29. The molecular formula is C14H15ClFNO. The highest BCUT2D eigenvalue weighted by molar-refractivity contribution is 6.30. The molecule has 96 valence electrons. The third-order valence-electron chi connectivity index (χ3n) is 3.15. The lowest BCUT2D eigenvalue weighted by Gasteiger charge is -2.18. The molecule has 0 radical (unpaired) electrons. The average molecular weight is 268 g/mol. The van der Waals surface area contributed by atoms with Gasteiger partial charge in [0.15, 0.2) is 5.78 Å². The molecular weight excluding hydrogens is 253 g/mol. The molecule has 2 unspecified atom stereocenters. The van der Waals surface area contributed by atoms with E-state index in [-0.39, 0.29) is 28.2 Å². The van der Waals surface area contributed by atoms with E-state index < -0.39 is 11.7 Å². The monoisotopic (exact) mass is 267 g/mol. The zero-order valence-electron chi connectivity index (χ0n) is 10.6. The number of benzene rings is 1. The number of Topliss-reactive ketones (excluding diaryl/α,β-unsaturated/α-hetero) is 1. The topological polar surface area (TPSA) is 40.9 Å². The number of halogens is 2. The fourth-order valence-corrected chi connectivity index (χ4v) is 1.80. The van der Waals surface area contributed by atoms with Crippen molar-refractivity contribution in [1.82, 2.24) is 0 Å². The molecule has 4 heteroatoms. The van der Waals surface area contributed by atoms with Crippen molar-refractivity contribution in [3.63, 3.8) is 0 Å². The van der Waals surface area contributed by atoms with Crippen LogP contribution in [0.1, 0.15) is 32.3 Å². The average Bonchev–Trinajstić information content (AvgIpc) is 2.34. The van der Waals surface area contributed by atoms with Crippen LogP contribution in [0.2, 0.25) is 5.02 Å². The Bertz CT molecular complexity index is 493. The van der Waals surface area contributed by atoms with Gasteiger partial charge in [-0.1, -0.05) is 44.5 Å². The van der Waals surface area contributed by atoms with Gasteiger partial charge in [-0.15, -0.1) is 0 Å². The Morgan fingerprint density at radius 1 is 1.39 bits per heavy atom. The molecule has 0 aliphatic carbocycles. The SMILES string of the molecule is CC(C)C(C)C(=O)C(C#N)c1cccc(Cl)c1F. The van der Waals surface area contributed by atoms with Crippen LogP contribution in [0, 0.1) is 29.0 Å². The van der Waals surface area contributed by atoms with Gasteiger partial charge in [-0.2, -0.15) is 5.26 Å². The Hall–Kier alpha value is -1.40. The molecule has 0 saturated heterocycles. The molecule has 18 heavy (non-hydrogen) atoms. The van der Waals surface area contributed by atoms with Crippen molar-refractivity contribution in [2.75, 3.05) is 0 Å². The molecule has 1 rings (SSSR count). The second-order valence-corrected chi connectivity index (χ2v) is 5.05. The number of nitriles is 1. The number of hydrogen-bond donors (Lipinski definition) is 0. The van der Waals surface area contributed by atoms with Gasteiger partial charge in [-0.05, 0) is 12.0 Å². The highest BCUT2D eigenvalue weighted by atomic mass is 35.5. The maximum Gasteiger partial charge on any atom is 0.157 e. The van der Waals surface area contributed by atoms with Crippen LogP contribution in [0.15, 0.2) is 18.2 Å². The molecule has 0 aliphatic rings. The zero-order chi connectivity index (χ0) is 13.9. The van der Waals surface area contributed by atoms with Crippen LogP contribution in [-0.4, -0.2) is 5.78 Å². The van der Waals surface area contributed by atoms with Crippen LogP contribution in [0.3, 0.4) is 0 Å². The summed E-state index contributed by atoms with van der Waals surface area (Å²) in [6, 6.07) is 6.24. The number of rotatable bonds is 4. The molecule has 0 fully saturated rings. The molecule has 2 atom stereocenters. The molecule has 0 saturated carbocycles. The van der Waals surface area contributed by atoms with Crippen molar-refractivity contribution in [2.45, 2.75) is 26.7 Å². The number of hydrogen-bond acceptors (Lipinski definition) is 2. The van der Waals surface area contributed by atoms with E-state index in [2.05, 4.69) is 0 Å². The van der Waals surface area contributed by atoms with Crippen molar-refractivity contribution in [2.24, 2.45) is 11.8 Å². The number of ketones is 1. The minimum Gasteiger partial charge on any atom is -0.298 e. The van der Waals surface area contributed by atoms with Crippen molar-refractivity contribution in [1.29, 1.82) is 5.26 Å². The number of carbonyl (C=O) groups excluding carboxylic acids is 1. The molecule has 1 aromatic carbocycles. The van der Waals surface area contributed by atoms with E-state index in [0.717, 1.165) is 0 Å². The summed E-state index contributed by atoms with van der Waals surface area (Å²) >= 11 is 5.67. The largest absolute Gasteiger partial charge is 0.298 e. The third kappa shape index (κ3) is 2.88. The summed E-state index contributed by atoms with van der Waals surface area (Å²) in [5.41, 5.74) is 0.0579. The Balaban J connectivity index is 3.16. The van der Waals surface area contributed by atoms with Crippen LogP contribution in [0.4, 0.5) is 4.39 Å². The minimum absolute atomic E-state index is 0.0579. The summed E-state index contributed by atoms with van der Waals surface area (Å²) in [5, 5.41) is 9.04. The molecule has 0 aromatic heterocycles. The predicted molar refractivity (Wildman–Crippen MR) is 68.8 cm³/mol. The van der Waals surface area contributed by atoms with Crippen LogP contribution >= 0.6 is 11.6 Å². The summed E-state index contributed by atoms with van der Waals surface area (Å²) in [6.45, 7) is 5.54. The fourth-order valence-electron chi connectivity index (χ4n) is 1.62. The van der Waals surface area contributed by atoms with Crippen molar-refractivity contribution in [3.8, 4) is 6.07 Å². The smallest absolute Gasteiger partial charge is 0.157 e. The Morgan fingerprint density at radius 3 is 2.50 bits per heavy atom. The van der Waals surface area contributed by atoms with Gasteiger partial charge in [0.25, 0.3) is 0 Å². The lowest BCUT2D eigenvalue weighted by atomic mass is 9.83. The standard InChI is InChI=1S/C14H15ClFNO/c1-8(2)9(3)14(18)11(7-17)10-5-4-6-12(15)13(10)16/h4-6,8-9,11H,1-3H3. The molecule has 0 spiro atoms. The van der Waals surface area contributed by atoms with E-state index in [1.54, 1.807) is 13.0 Å². The quantitative estimate of drug-likeness (QED) is 0.829. The second-order valence-electron chi connectivity index (χ2n) is 4.64. The van der Waals surface area contributed by atoms with Gasteiger partial charge in [-0.3, -0.25) is 4.79 Å². The summed E-state index contributed by atoms with van der Waals surface area (Å²) < 4.78 is 13.8. The lowest BCUT2D eigenvalue weighted by Crippen LogP contribution is -2.23. The first-order valence-corrected chi connectivity index (χ1v) is 6.15. The minimum atomic E-state index is -1.10. The van der Waals surface area contributed by atoms with Crippen molar-refractivity contribution < 1.29 is 9.18 Å². The normalized spacial score (nSPS) is 14.1. The van der Waals surface area contributed by atoms with E-state index in [1.165, 1.54) is 12.1 Å². The fraction of sp³-hybridized carbons (Fsp3) is 0.429. The van der Waals surface area contributed by atoms with E-state index >= 15 is 0 Å². The van der Waals surface area contributed by atoms with Gasteiger partial charge in [0.05, 0.1) is 11.1 Å². The van der Waals surface area contributed by atoms with Crippen molar-refractivity contribution in [3.05, 3.63) is 34.6 Å². The molecule has 0 amide bonds. The number of nitrogens with zero attached hydrogens (tertiary/aromatic N) is 1. The maximum atomic E-state index is 13.8. The van der Waals surface area contributed by atoms with Crippen LogP contribution in [-0.2, 0) is 4.79 Å². The van der Waals surface area contributed by atoms with E-state index in [1.807, 2.05) is 19.9 Å². The zero-order valence-corrected chi connectivity index (χ0v) is 11.3. The molecule has 2 nitrogen and oxygen atoms in total. The molecule has 0 aliphatic heterocycles. The van der Waals surface area contributed by atoms with Gasteiger partial charge in [0.1, 0.15) is 11.7 Å². The second kappa shape index (κ2) is 5.97. The van der Waals surface area contributed by atoms with Crippen molar-refractivity contribution >= 4 is 17.4 Å². The van der Waals surface area contributed by atoms with Crippen LogP contribution in [0.25, 0.3) is 0 Å². The molecule has 0 heterocycles.